The number of aliphatic hydroxyl groups excluding tert-OH is 9. The van der Waals surface area contributed by atoms with Crippen molar-refractivity contribution in [1.82, 2.24) is 0 Å². The molecule has 8 aliphatic rings. The average Bonchev–Trinajstić information content (AvgIpc) is 3.24. The first kappa shape index (κ1) is 49.5. The summed E-state index contributed by atoms with van der Waals surface area (Å²) in [5.74, 6) is -1.83. The molecule has 22 atom stereocenters. The summed E-state index contributed by atoms with van der Waals surface area (Å²) >= 11 is 0. The number of ether oxygens (including phenoxy) is 6. The van der Waals surface area contributed by atoms with Gasteiger partial charge in [-0.05, 0) is 109 Å². The van der Waals surface area contributed by atoms with Crippen LogP contribution in [0.2, 0.25) is 0 Å². The quantitative estimate of drug-likeness (QED) is 0.0918. The fourth-order valence-electron chi connectivity index (χ4n) is 14.7. The number of aliphatic carboxylic acids is 1. The molecular formula is C47H74O18. The monoisotopic (exact) mass is 926 g/mol. The van der Waals surface area contributed by atoms with Crippen LogP contribution in [0.4, 0.5) is 0 Å². The highest BCUT2D eigenvalue weighted by atomic mass is 16.8. The van der Waals surface area contributed by atoms with Gasteiger partial charge in [-0.2, -0.15) is 0 Å². The molecule has 8 rings (SSSR count). The third-order valence-electron chi connectivity index (χ3n) is 18.9. The highest BCUT2D eigenvalue weighted by Gasteiger charge is 2.70. The van der Waals surface area contributed by atoms with E-state index < -0.39 is 121 Å². The average molecular weight is 927 g/mol. The molecule has 5 aliphatic carbocycles. The minimum atomic E-state index is -1.92. The van der Waals surface area contributed by atoms with Crippen molar-refractivity contribution < 1.29 is 89.1 Å². The van der Waals surface area contributed by atoms with Crippen molar-refractivity contribution >= 4 is 11.9 Å². The van der Waals surface area contributed by atoms with Gasteiger partial charge in [-0.1, -0.05) is 60.1 Å². The first-order valence-electron chi connectivity index (χ1n) is 23.7. The van der Waals surface area contributed by atoms with Crippen LogP contribution in [0.25, 0.3) is 0 Å². The van der Waals surface area contributed by atoms with Gasteiger partial charge in [-0.3, -0.25) is 4.79 Å². The van der Waals surface area contributed by atoms with Gasteiger partial charge in [-0.15, -0.1) is 0 Å². The highest BCUT2D eigenvalue weighted by Crippen LogP contribution is 2.76. The molecule has 4 saturated carbocycles. The molecule has 18 heteroatoms. The van der Waals surface area contributed by atoms with Crippen molar-refractivity contribution in [3.63, 3.8) is 0 Å². The molecule has 0 aromatic carbocycles. The summed E-state index contributed by atoms with van der Waals surface area (Å²) in [5, 5.41) is 105. The Morgan fingerprint density at radius 3 is 2.06 bits per heavy atom. The lowest BCUT2D eigenvalue weighted by Crippen LogP contribution is -2.67. The molecule has 370 valence electrons. The Morgan fingerprint density at radius 1 is 0.708 bits per heavy atom. The van der Waals surface area contributed by atoms with E-state index in [9.17, 15) is 60.7 Å². The van der Waals surface area contributed by atoms with Crippen molar-refractivity contribution in [3.05, 3.63) is 11.6 Å². The number of fused-ring (bicyclic) bond motifs is 7. The number of hydrogen-bond donors (Lipinski definition) is 10. The lowest BCUT2D eigenvalue weighted by atomic mass is 9.33. The Morgan fingerprint density at radius 2 is 1.38 bits per heavy atom. The number of hydrogen-bond acceptors (Lipinski definition) is 17. The second kappa shape index (κ2) is 17.2. The second-order valence-electron chi connectivity index (χ2n) is 23.1. The van der Waals surface area contributed by atoms with E-state index in [4.69, 9.17) is 28.4 Å². The van der Waals surface area contributed by atoms with Crippen LogP contribution < -0.4 is 0 Å². The summed E-state index contributed by atoms with van der Waals surface area (Å²) in [7, 11) is 0. The van der Waals surface area contributed by atoms with E-state index in [-0.39, 0.29) is 46.0 Å². The molecule has 0 amide bonds. The maximum atomic E-state index is 14.7. The van der Waals surface area contributed by atoms with Gasteiger partial charge in [0.25, 0.3) is 0 Å². The molecule has 3 saturated heterocycles. The van der Waals surface area contributed by atoms with Gasteiger partial charge in [0.2, 0.25) is 6.29 Å². The van der Waals surface area contributed by atoms with Crippen LogP contribution in [0.5, 0.6) is 0 Å². The minimum Gasteiger partial charge on any atom is -0.479 e. The van der Waals surface area contributed by atoms with E-state index in [1.165, 1.54) is 5.57 Å². The minimum absolute atomic E-state index is 0.0713. The summed E-state index contributed by atoms with van der Waals surface area (Å²) in [5.41, 5.74) is -0.900. The summed E-state index contributed by atoms with van der Waals surface area (Å²) in [6.45, 7) is 14.9. The van der Waals surface area contributed by atoms with Crippen molar-refractivity contribution in [1.29, 1.82) is 0 Å². The van der Waals surface area contributed by atoms with E-state index >= 15 is 0 Å². The van der Waals surface area contributed by atoms with Crippen molar-refractivity contribution in [2.45, 2.75) is 205 Å². The third-order valence-corrected chi connectivity index (χ3v) is 18.9. The van der Waals surface area contributed by atoms with Crippen molar-refractivity contribution in [2.75, 3.05) is 13.2 Å². The third kappa shape index (κ3) is 7.76. The Bertz CT molecular complexity index is 1820. The number of carbonyl (C=O) groups is 2. The fourth-order valence-corrected chi connectivity index (χ4v) is 14.7. The smallest absolute Gasteiger partial charge is 0.335 e. The van der Waals surface area contributed by atoms with Crippen LogP contribution in [0.3, 0.4) is 0 Å². The number of carboxylic acids is 1. The van der Waals surface area contributed by atoms with E-state index in [2.05, 4.69) is 54.5 Å². The van der Waals surface area contributed by atoms with Gasteiger partial charge >= 0.3 is 11.9 Å². The predicted molar refractivity (Wildman–Crippen MR) is 225 cm³/mol. The molecule has 10 N–H and O–H groups in total. The van der Waals surface area contributed by atoms with Gasteiger partial charge in [-0.25, -0.2) is 4.79 Å². The zero-order valence-corrected chi connectivity index (χ0v) is 38.7. The van der Waals surface area contributed by atoms with E-state index in [0.29, 0.717) is 19.3 Å². The zero-order valence-electron chi connectivity index (χ0n) is 38.7. The Balaban J connectivity index is 1.05. The molecule has 0 aromatic rings. The molecule has 0 spiro atoms. The Hall–Kier alpha value is -1.88. The zero-order chi connectivity index (χ0) is 47.6. The molecule has 0 radical (unpaired) electrons. The number of esters is 1. The number of allylic oxidation sites excluding steroid dienone is 2. The fraction of sp³-hybridized carbons (Fsp3) is 0.915. The first-order valence-corrected chi connectivity index (χ1v) is 23.7. The molecule has 0 bridgehead atoms. The van der Waals surface area contributed by atoms with Gasteiger partial charge in [0.05, 0.1) is 24.7 Å². The molecule has 0 aromatic heterocycles. The van der Waals surface area contributed by atoms with Crippen LogP contribution in [0, 0.1) is 50.2 Å². The first-order chi connectivity index (χ1) is 30.3. The molecule has 65 heavy (non-hydrogen) atoms. The van der Waals surface area contributed by atoms with Crippen LogP contribution in [0.15, 0.2) is 11.6 Å². The van der Waals surface area contributed by atoms with Crippen molar-refractivity contribution in [2.24, 2.45) is 50.2 Å². The van der Waals surface area contributed by atoms with E-state index in [1.807, 2.05) is 0 Å². The largest absolute Gasteiger partial charge is 0.479 e. The number of carboxylic acid groups (broad SMARTS) is 1. The molecule has 18 nitrogen and oxygen atoms in total. The van der Waals surface area contributed by atoms with Crippen LogP contribution >= 0.6 is 0 Å². The summed E-state index contributed by atoms with van der Waals surface area (Å²) in [4.78, 5) is 26.9. The predicted octanol–water partition coefficient (Wildman–Crippen LogP) is 0.872. The van der Waals surface area contributed by atoms with Gasteiger partial charge in [0.1, 0.15) is 61.0 Å². The van der Waals surface area contributed by atoms with Crippen LogP contribution in [-0.2, 0) is 38.0 Å². The number of aliphatic hydroxyl groups is 9. The second-order valence-corrected chi connectivity index (χ2v) is 23.1. The van der Waals surface area contributed by atoms with Crippen LogP contribution in [0.1, 0.15) is 113 Å². The standard InChI is InChI=1S/C47H74O18/c1-42(2)14-16-47(41(59)65-39-34(56)30(52)29(51)24(19-48)61-39)17-15-45(6)21(22(47)18-42)8-9-26-44(5)12-11-27(43(3,4)25(44)10-13-46(26,45)7)62-40-36(32(54)31(53)35(63-40)37(57)58)64-38-33(55)28(50)23(49)20-60-38/h8,22-36,38-40,48-56H,9-20H2,1-7H3,(H,57,58)/t22-,23-,24-,25+,26-,27+,28+,29-,30+,31+,32+,33-,34-,35+,36-,38+,39+,40-,44+,45-,46-,47-/m1/s1. The van der Waals surface area contributed by atoms with Crippen LogP contribution in [-0.4, -0.2) is 168 Å². The number of rotatable bonds is 8. The molecule has 0 unspecified atom stereocenters. The normalized spacial score (nSPS) is 52.7. The Kier molecular flexibility index (Phi) is 13.1. The van der Waals surface area contributed by atoms with Crippen molar-refractivity contribution in [3.8, 4) is 0 Å². The van der Waals surface area contributed by atoms with E-state index in [1.54, 1.807) is 0 Å². The maximum Gasteiger partial charge on any atom is 0.335 e. The van der Waals surface area contributed by atoms with Gasteiger partial charge < -0.3 is 79.5 Å². The topological polar surface area (TPSA) is 292 Å². The number of carbonyl (C=O) groups excluding carboxylic acids is 1. The summed E-state index contributed by atoms with van der Waals surface area (Å²) < 4.78 is 35.5. The lowest BCUT2D eigenvalue weighted by molar-refractivity contribution is -0.366. The van der Waals surface area contributed by atoms with E-state index in [0.717, 1.165) is 44.9 Å². The molecule has 3 aliphatic heterocycles. The summed E-state index contributed by atoms with van der Waals surface area (Å²) in [6, 6.07) is 0. The molecular weight excluding hydrogens is 852 g/mol. The Labute approximate surface area is 380 Å². The highest BCUT2D eigenvalue weighted by molar-refractivity contribution is 5.79. The SMILES string of the molecule is CC1(C)CC[C@@]2(C(=O)O[C@@H]3O[C@H](CO)[C@@H](O)[C@H](O)[C@H]3O)CC[C@]3(C)C(=CC[C@@H]4[C@@]5(C)CC[C@H](O[C@@H]6O[C@H](C(=O)O)[C@@H](O)[C@H](O)[C@H]6O[C@@H]6OC[C@@H](O)[C@H](O)[C@H]6O)C(C)(C)[C@@H]5CC[C@]43C)[C@H]2C1. The maximum absolute atomic E-state index is 14.7. The molecule has 3 heterocycles. The van der Waals surface area contributed by atoms with Gasteiger partial charge in [0.15, 0.2) is 18.7 Å². The summed E-state index contributed by atoms with van der Waals surface area (Å²) in [6.07, 6.45) is -13.7. The van der Waals surface area contributed by atoms with Gasteiger partial charge in [0, 0.05) is 0 Å². The lowest BCUT2D eigenvalue weighted by Gasteiger charge is -2.71. The molecule has 7 fully saturated rings.